The Bertz CT molecular complexity index is 718. The fraction of sp³-hybridized carbons (Fsp3) is 0.700. The summed E-state index contributed by atoms with van der Waals surface area (Å²) in [5.41, 5.74) is 2.89. The molecule has 2 fully saturated rings. The number of rotatable bonds is 4. The number of piperidine rings is 2. The fourth-order valence-electron chi connectivity index (χ4n) is 5.14. The Morgan fingerprint density at radius 3 is 2.88 bits per heavy atom. The van der Waals surface area contributed by atoms with Crippen LogP contribution in [0.1, 0.15) is 56.2 Å². The third-order valence-electron chi connectivity index (χ3n) is 6.44. The van der Waals surface area contributed by atoms with Gasteiger partial charge in [-0.25, -0.2) is 8.42 Å². The number of benzene rings is 1. The maximum atomic E-state index is 12.9. The van der Waals surface area contributed by atoms with Crippen LogP contribution in [0.3, 0.4) is 0 Å². The van der Waals surface area contributed by atoms with Gasteiger partial charge >= 0.3 is 0 Å². The summed E-state index contributed by atoms with van der Waals surface area (Å²) in [6, 6.07) is 9.35. The molecule has 5 heteroatoms. The van der Waals surface area contributed by atoms with E-state index < -0.39 is 10.0 Å². The van der Waals surface area contributed by atoms with Gasteiger partial charge < -0.3 is 0 Å². The van der Waals surface area contributed by atoms with Crippen molar-refractivity contribution in [2.75, 3.05) is 25.4 Å². The highest BCUT2D eigenvalue weighted by atomic mass is 32.2. The van der Waals surface area contributed by atoms with Gasteiger partial charge in [-0.1, -0.05) is 37.6 Å². The van der Waals surface area contributed by atoms with Crippen LogP contribution in [0.25, 0.3) is 0 Å². The number of nitrogens with zero attached hydrogens (tertiary/aromatic N) is 2. The standard InChI is InChI=1S/C20H30N2O2S/c1-2-3-13-25(23,24)22-11-6-8-17-15-21-12-10-16-7-4-5-9-18(16)20(21)14-19(17)22/h4-5,7,9,17,19-20H,2-3,6,8,10-15H2,1H3/t17-,19-,20-/m0/s1. The molecule has 3 atom stereocenters. The quantitative estimate of drug-likeness (QED) is 0.826. The molecular weight excluding hydrogens is 332 g/mol. The minimum absolute atomic E-state index is 0.197. The third kappa shape index (κ3) is 3.26. The summed E-state index contributed by atoms with van der Waals surface area (Å²) in [7, 11) is -3.12. The van der Waals surface area contributed by atoms with Gasteiger partial charge in [-0.05, 0) is 49.1 Å². The second-order valence-electron chi connectivity index (χ2n) is 7.95. The van der Waals surface area contributed by atoms with Crippen LogP contribution in [-0.4, -0.2) is 49.1 Å². The molecule has 4 rings (SSSR count). The van der Waals surface area contributed by atoms with Crippen molar-refractivity contribution in [1.82, 2.24) is 9.21 Å². The summed E-state index contributed by atoms with van der Waals surface area (Å²) in [5, 5.41) is 0. The molecule has 0 N–H and O–H groups in total. The molecule has 2 saturated heterocycles. The number of unbranched alkanes of at least 4 members (excludes halogenated alkanes) is 1. The van der Waals surface area contributed by atoms with Gasteiger partial charge in [-0.3, -0.25) is 4.90 Å². The molecule has 1 aromatic carbocycles. The molecule has 0 unspecified atom stereocenters. The van der Waals surface area contributed by atoms with Gasteiger partial charge in [-0.2, -0.15) is 4.31 Å². The monoisotopic (exact) mass is 362 g/mol. The van der Waals surface area contributed by atoms with Crippen LogP contribution in [0.15, 0.2) is 24.3 Å². The molecule has 0 bridgehead atoms. The molecular formula is C20H30N2O2S. The predicted octanol–water partition coefficient (Wildman–Crippen LogP) is 3.20. The molecule has 138 valence electrons. The highest BCUT2D eigenvalue weighted by molar-refractivity contribution is 7.89. The molecule has 3 heterocycles. The van der Waals surface area contributed by atoms with E-state index in [0.717, 1.165) is 51.7 Å². The zero-order valence-electron chi connectivity index (χ0n) is 15.2. The zero-order valence-corrected chi connectivity index (χ0v) is 16.0. The van der Waals surface area contributed by atoms with Crippen LogP contribution in [0.5, 0.6) is 0 Å². The number of sulfonamides is 1. The SMILES string of the molecule is CCCCS(=O)(=O)N1CCC[C@H]2CN3CCc4ccccc4[C@@H]3C[C@@H]21. The smallest absolute Gasteiger partial charge is 0.214 e. The third-order valence-corrected chi connectivity index (χ3v) is 8.41. The predicted molar refractivity (Wildman–Crippen MR) is 101 cm³/mol. The van der Waals surface area contributed by atoms with Gasteiger partial charge in [0.1, 0.15) is 0 Å². The number of hydrogen-bond donors (Lipinski definition) is 0. The second-order valence-corrected chi connectivity index (χ2v) is 9.99. The van der Waals surface area contributed by atoms with Crippen LogP contribution >= 0.6 is 0 Å². The lowest BCUT2D eigenvalue weighted by Gasteiger charge is -2.51. The highest BCUT2D eigenvalue weighted by Gasteiger charge is 2.45. The summed E-state index contributed by atoms with van der Waals surface area (Å²) in [5.74, 6) is 0.823. The first-order chi connectivity index (χ1) is 12.1. The lowest BCUT2D eigenvalue weighted by atomic mass is 9.77. The molecule has 0 radical (unpaired) electrons. The topological polar surface area (TPSA) is 40.6 Å². The van der Waals surface area contributed by atoms with E-state index in [0.29, 0.717) is 17.7 Å². The first-order valence-corrected chi connectivity index (χ1v) is 11.5. The minimum atomic E-state index is -3.12. The fourth-order valence-corrected chi connectivity index (χ4v) is 7.11. The van der Waals surface area contributed by atoms with Crippen molar-refractivity contribution in [3.8, 4) is 0 Å². The van der Waals surface area contributed by atoms with E-state index in [9.17, 15) is 8.42 Å². The maximum absolute atomic E-state index is 12.9. The summed E-state index contributed by atoms with van der Waals surface area (Å²) in [4.78, 5) is 2.62. The second kappa shape index (κ2) is 7.01. The van der Waals surface area contributed by atoms with E-state index in [-0.39, 0.29) is 6.04 Å². The Kier molecular flexibility index (Phi) is 4.91. The zero-order chi connectivity index (χ0) is 17.4. The molecule has 0 aromatic heterocycles. The van der Waals surface area contributed by atoms with Crippen molar-refractivity contribution in [3.63, 3.8) is 0 Å². The molecule has 3 aliphatic heterocycles. The van der Waals surface area contributed by atoms with Gasteiger partial charge in [0.2, 0.25) is 10.0 Å². The van der Waals surface area contributed by atoms with Crippen LogP contribution in [0, 0.1) is 5.92 Å². The van der Waals surface area contributed by atoms with Gasteiger partial charge in [0, 0.05) is 31.7 Å². The van der Waals surface area contributed by atoms with Crippen LogP contribution < -0.4 is 0 Å². The summed E-state index contributed by atoms with van der Waals surface area (Å²) < 4.78 is 27.7. The lowest BCUT2D eigenvalue weighted by Crippen LogP contribution is -2.57. The molecule has 3 aliphatic rings. The molecule has 1 aromatic rings. The Labute approximate surface area is 152 Å². The van der Waals surface area contributed by atoms with E-state index in [1.165, 1.54) is 17.5 Å². The first kappa shape index (κ1) is 17.5. The van der Waals surface area contributed by atoms with Crippen LogP contribution in [0.2, 0.25) is 0 Å². The molecule has 0 aliphatic carbocycles. The van der Waals surface area contributed by atoms with Crippen molar-refractivity contribution < 1.29 is 8.42 Å². The minimum Gasteiger partial charge on any atom is -0.296 e. The van der Waals surface area contributed by atoms with Gasteiger partial charge in [0.25, 0.3) is 0 Å². The Balaban J connectivity index is 1.60. The average molecular weight is 363 g/mol. The van der Waals surface area contributed by atoms with Crippen LogP contribution in [-0.2, 0) is 16.4 Å². The van der Waals surface area contributed by atoms with Crippen molar-refractivity contribution in [3.05, 3.63) is 35.4 Å². The van der Waals surface area contributed by atoms with Crippen molar-refractivity contribution >= 4 is 10.0 Å². The normalized spacial score (nSPS) is 30.4. The molecule has 0 spiro atoms. The van der Waals surface area contributed by atoms with E-state index in [2.05, 4.69) is 36.1 Å². The lowest BCUT2D eigenvalue weighted by molar-refractivity contribution is 0.0220. The summed E-state index contributed by atoms with van der Waals surface area (Å²) >= 11 is 0. The molecule has 25 heavy (non-hydrogen) atoms. The first-order valence-electron chi connectivity index (χ1n) is 9.91. The number of hydrogen-bond acceptors (Lipinski definition) is 3. The highest BCUT2D eigenvalue weighted by Crippen LogP contribution is 2.43. The van der Waals surface area contributed by atoms with Gasteiger partial charge in [-0.15, -0.1) is 0 Å². The molecule has 4 nitrogen and oxygen atoms in total. The Hall–Kier alpha value is -0.910. The van der Waals surface area contributed by atoms with Gasteiger partial charge in [0.05, 0.1) is 5.75 Å². The largest absolute Gasteiger partial charge is 0.296 e. The van der Waals surface area contributed by atoms with E-state index in [1.54, 1.807) is 0 Å². The Morgan fingerprint density at radius 2 is 2.04 bits per heavy atom. The van der Waals surface area contributed by atoms with Crippen molar-refractivity contribution in [1.29, 1.82) is 0 Å². The van der Waals surface area contributed by atoms with E-state index in [1.807, 2.05) is 4.31 Å². The van der Waals surface area contributed by atoms with E-state index in [4.69, 9.17) is 0 Å². The van der Waals surface area contributed by atoms with Crippen molar-refractivity contribution in [2.24, 2.45) is 5.92 Å². The summed E-state index contributed by atoms with van der Waals surface area (Å²) in [6.45, 7) is 4.96. The summed E-state index contributed by atoms with van der Waals surface area (Å²) in [6.07, 6.45) is 5.99. The van der Waals surface area contributed by atoms with E-state index >= 15 is 0 Å². The van der Waals surface area contributed by atoms with Gasteiger partial charge in [0.15, 0.2) is 0 Å². The Morgan fingerprint density at radius 1 is 1.20 bits per heavy atom. The number of fused-ring (bicyclic) bond motifs is 4. The molecule has 0 saturated carbocycles. The molecule has 0 amide bonds. The average Bonchev–Trinajstić information content (AvgIpc) is 2.64. The van der Waals surface area contributed by atoms with Crippen molar-refractivity contribution in [2.45, 2.75) is 57.5 Å². The van der Waals surface area contributed by atoms with Crippen LogP contribution in [0.4, 0.5) is 0 Å². The maximum Gasteiger partial charge on any atom is 0.214 e.